The van der Waals surface area contributed by atoms with Crippen LogP contribution in [0.25, 0.3) is 0 Å². The minimum Gasteiger partial charge on any atom is -0.348 e. The number of rotatable bonds is 4. The summed E-state index contributed by atoms with van der Waals surface area (Å²) in [5.41, 5.74) is 1.18. The molecular weight excluding hydrogens is 404 g/mol. The summed E-state index contributed by atoms with van der Waals surface area (Å²) in [4.78, 5) is 22.3. The van der Waals surface area contributed by atoms with Crippen molar-refractivity contribution in [1.82, 2.24) is 5.32 Å². The summed E-state index contributed by atoms with van der Waals surface area (Å²) in [6.07, 6.45) is 0. The van der Waals surface area contributed by atoms with Gasteiger partial charge < -0.3 is 5.32 Å². The topological polar surface area (TPSA) is 72.2 Å². The Morgan fingerprint density at radius 1 is 1.19 bits per heavy atom. The van der Waals surface area contributed by atoms with Crippen LogP contribution in [0.15, 0.2) is 51.4 Å². The fraction of sp³-hybridized carbons (Fsp3) is 0.0714. The van der Waals surface area contributed by atoms with E-state index in [9.17, 15) is 14.9 Å². The van der Waals surface area contributed by atoms with E-state index < -0.39 is 4.92 Å². The first-order chi connectivity index (χ1) is 9.97. The number of nitrogens with zero attached hydrogens (tertiary/aromatic N) is 1. The second-order valence-electron chi connectivity index (χ2n) is 4.23. The van der Waals surface area contributed by atoms with Crippen LogP contribution in [0.5, 0.6) is 0 Å². The van der Waals surface area contributed by atoms with Gasteiger partial charge in [0.05, 0.1) is 10.5 Å². The molecule has 0 radical (unpaired) electrons. The Balaban J connectivity index is 2.07. The van der Waals surface area contributed by atoms with E-state index in [0.29, 0.717) is 15.6 Å². The van der Waals surface area contributed by atoms with Crippen LogP contribution in [0.2, 0.25) is 0 Å². The summed E-state index contributed by atoms with van der Waals surface area (Å²) in [5, 5.41) is 13.4. The van der Waals surface area contributed by atoms with Gasteiger partial charge in [-0.05, 0) is 39.7 Å². The fourth-order valence-corrected chi connectivity index (χ4v) is 2.96. The lowest BCUT2D eigenvalue weighted by Crippen LogP contribution is -2.23. The SMILES string of the molecule is O=C(NCc1cccc([N+](=O)[O-])c1)c1ccc(Br)cc1Br. The quantitative estimate of drug-likeness (QED) is 0.607. The number of hydrogen-bond donors (Lipinski definition) is 1. The molecular formula is C14H10Br2N2O3. The number of carbonyl (C=O) groups excluding carboxylic acids is 1. The van der Waals surface area contributed by atoms with Gasteiger partial charge in [-0.15, -0.1) is 0 Å². The highest BCUT2D eigenvalue weighted by atomic mass is 79.9. The second-order valence-corrected chi connectivity index (χ2v) is 6.00. The smallest absolute Gasteiger partial charge is 0.269 e. The highest BCUT2D eigenvalue weighted by Gasteiger charge is 2.11. The van der Waals surface area contributed by atoms with Crippen molar-refractivity contribution in [3.8, 4) is 0 Å². The Morgan fingerprint density at radius 3 is 2.62 bits per heavy atom. The summed E-state index contributed by atoms with van der Waals surface area (Å²) in [7, 11) is 0. The van der Waals surface area contributed by atoms with E-state index in [0.717, 1.165) is 4.47 Å². The first-order valence-electron chi connectivity index (χ1n) is 5.94. The van der Waals surface area contributed by atoms with Gasteiger partial charge in [-0.2, -0.15) is 0 Å². The third kappa shape index (κ3) is 4.12. The number of nitro groups is 1. The summed E-state index contributed by atoms with van der Waals surface area (Å²) in [5.74, 6) is -0.249. The van der Waals surface area contributed by atoms with Gasteiger partial charge in [0.25, 0.3) is 11.6 Å². The van der Waals surface area contributed by atoms with E-state index in [1.165, 1.54) is 12.1 Å². The predicted octanol–water partition coefficient (Wildman–Crippen LogP) is 4.05. The predicted molar refractivity (Wildman–Crippen MR) is 86.1 cm³/mol. The second kappa shape index (κ2) is 6.82. The molecule has 5 nitrogen and oxygen atoms in total. The van der Waals surface area contributed by atoms with Crippen molar-refractivity contribution in [2.75, 3.05) is 0 Å². The zero-order valence-electron chi connectivity index (χ0n) is 10.7. The normalized spacial score (nSPS) is 10.2. The van der Waals surface area contributed by atoms with Gasteiger partial charge in [0, 0.05) is 27.6 Å². The van der Waals surface area contributed by atoms with Crippen molar-refractivity contribution in [2.24, 2.45) is 0 Å². The average Bonchev–Trinajstić information content (AvgIpc) is 2.45. The van der Waals surface area contributed by atoms with Crippen LogP contribution in [0.3, 0.4) is 0 Å². The number of nitro benzene ring substituents is 1. The van der Waals surface area contributed by atoms with Gasteiger partial charge in [0.1, 0.15) is 0 Å². The lowest BCUT2D eigenvalue weighted by molar-refractivity contribution is -0.384. The Kier molecular flexibility index (Phi) is 5.08. The minimum absolute atomic E-state index is 0.00608. The number of hydrogen-bond acceptors (Lipinski definition) is 3. The van der Waals surface area contributed by atoms with Crippen LogP contribution in [0.1, 0.15) is 15.9 Å². The number of nitrogens with one attached hydrogen (secondary N) is 1. The Hall–Kier alpha value is -1.73. The summed E-state index contributed by atoms with van der Waals surface area (Å²) in [6, 6.07) is 11.4. The molecule has 0 bridgehead atoms. The van der Waals surface area contributed by atoms with E-state index in [4.69, 9.17) is 0 Å². The van der Waals surface area contributed by atoms with Gasteiger partial charge in [-0.3, -0.25) is 14.9 Å². The van der Waals surface area contributed by atoms with Gasteiger partial charge in [-0.25, -0.2) is 0 Å². The third-order valence-electron chi connectivity index (χ3n) is 2.75. The van der Waals surface area contributed by atoms with Crippen LogP contribution in [-0.2, 0) is 6.54 Å². The van der Waals surface area contributed by atoms with Gasteiger partial charge in [0.2, 0.25) is 0 Å². The molecule has 0 heterocycles. The van der Waals surface area contributed by atoms with Crippen molar-refractivity contribution in [2.45, 2.75) is 6.54 Å². The highest BCUT2D eigenvalue weighted by Crippen LogP contribution is 2.22. The van der Waals surface area contributed by atoms with Gasteiger partial charge >= 0.3 is 0 Å². The average molecular weight is 414 g/mol. The first-order valence-corrected chi connectivity index (χ1v) is 7.52. The van der Waals surface area contributed by atoms with E-state index in [1.807, 2.05) is 0 Å². The molecule has 1 N–H and O–H groups in total. The number of non-ortho nitro benzene ring substituents is 1. The lowest BCUT2D eigenvalue weighted by Gasteiger charge is -2.07. The Labute approximate surface area is 137 Å². The molecule has 0 unspecified atom stereocenters. The van der Waals surface area contributed by atoms with Crippen LogP contribution in [-0.4, -0.2) is 10.8 Å². The van der Waals surface area contributed by atoms with E-state index >= 15 is 0 Å². The molecule has 0 saturated carbocycles. The molecule has 0 aromatic heterocycles. The molecule has 2 rings (SSSR count). The molecule has 0 atom stereocenters. The van der Waals surface area contributed by atoms with Crippen LogP contribution >= 0.6 is 31.9 Å². The largest absolute Gasteiger partial charge is 0.348 e. The number of carbonyl (C=O) groups is 1. The van der Waals surface area contributed by atoms with Crippen LogP contribution in [0.4, 0.5) is 5.69 Å². The molecule has 1 amide bonds. The van der Waals surface area contributed by atoms with E-state index in [-0.39, 0.29) is 18.1 Å². The standard InChI is InChI=1S/C14H10Br2N2O3/c15-10-4-5-12(13(16)7-10)14(19)17-8-9-2-1-3-11(6-9)18(20)21/h1-7H,8H2,(H,17,19). The monoisotopic (exact) mass is 412 g/mol. The fourth-order valence-electron chi connectivity index (χ4n) is 1.73. The lowest BCUT2D eigenvalue weighted by atomic mass is 10.2. The molecule has 0 aliphatic carbocycles. The summed E-state index contributed by atoms with van der Waals surface area (Å²) >= 11 is 6.64. The summed E-state index contributed by atoms with van der Waals surface area (Å²) < 4.78 is 1.54. The maximum absolute atomic E-state index is 12.1. The zero-order chi connectivity index (χ0) is 15.4. The highest BCUT2D eigenvalue weighted by molar-refractivity contribution is 9.11. The zero-order valence-corrected chi connectivity index (χ0v) is 13.8. The maximum Gasteiger partial charge on any atom is 0.269 e. The molecule has 21 heavy (non-hydrogen) atoms. The molecule has 108 valence electrons. The molecule has 2 aromatic rings. The van der Waals surface area contributed by atoms with E-state index in [1.54, 1.807) is 30.3 Å². The molecule has 0 aliphatic heterocycles. The summed E-state index contributed by atoms with van der Waals surface area (Å²) in [6.45, 7) is 0.225. The minimum atomic E-state index is -0.462. The van der Waals surface area contributed by atoms with Crippen molar-refractivity contribution in [3.05, 3.63) is 72.7 Å². The first kappa shape index (κ1) is 15.7. The molecule has 7 heteroatoms. The Morgan fingerprint density at radius 2 is 1.95 bits per heavy atom. The van der Waals surface area contributed by atoms with Crippen molar-refractivity contribution in [3.63, 3.8) is 0 Å². The Bertz CT molecular complexity index is 704. The maximum atomic E-state index is 12.1. The van der Waals surface area contributed by atoms with Gasteiger partial charge in [0.15, 0.2) is 0 Å². The number of halogens is 2. The van der Waals surface area contributed by atoms with Crippen LogP contribution < -0.4 is 5.32 Å². The van der Waals surface area contributed by atoms with Gasteiger partial charge in [-0.1, -0.05) is 28.1 Å². The molecule has 0 fully saturated rings. The van der Waals surface area contributed by atoms with Crippen molar-refractivity contribution < 1.29 is 9.72 Å². The molecule has 0 saturated heterocycles. The number of amides is 1. The van der Waals surface area contributed by atoms with E-state index in [2.05, 4.69) is 37.2 Å². The molecule has 0 spiro atoms. The van der Waals surface area contributed by atoms with Crippen molar-refractivity contribution in [1.29, 1.82) is 0 Å². The van der Waals surface area contributed by atoms with Crippen LogP contribution in [0, 0.1) is 10.1 Å². The number of benzene rings is 2. The molecule has 2 aromatic carbocycles. The third-order valence-corrected chi connectivity index (χ3v) is 3.90. The van der Waals surface area contributed by atoms with Crippen molar-refractivity contribution >= 4 is 43.5 Å². The molecule has 0 aliphatic rings.